The maximum Gasteiger partial charge on any atom is 0.167 e. The van der Waals surface area contributed by atoms with Crippen molar-refractivity contribution in [2.75, 3.05) is 12.4 Å². The van der Waals surface area contributed by atoms with E-state index in [1.165, 1.54) is 0 Å². The van der Waals surface area contributed by atoms with Gasteiger partial charge < -0.3 is 9.84 Å². The lowest BCUT2D eigenvalue weighted by Gasteiger charge is -2.09. The number of hydrogen-bond acceptors (Lipinski definition) is 5. The minimum atomic E-state index is 0.674. The average molecular weight is 358 g/mol. The second-order valence-electron chi connectivity index (χ2n) is 3.96. The summed E-state index contributed by atoms with van der Waals surface area (Å²) in [4.78, 5) is 9.14. The Kier molecular flexibility index (Phi) is 3.84. The van der Waals surface area contributed by atoms with Crippen LogP contribution in [0.1, 0.15) is 24.1 Å². The lowest BCUT2D eigenvalue weighted by atomic mass is 10.2. The molecule has 2 heterocycles. The van der Waals surface area contributed by atoms with Crippen LogP contribution in [-0.4, -0.2) is 22.2 Å². The number of aromatic nitrogens is 3. The first kappa shape index (κ1) is 13.3. The fourth-order valence-corrected chi connectivity index (χ4v) is 2.70. The van der Waals surface area contributed by atoms with Gasteiger partial charge in [0, 0.05) is 7.05 Å². The Morgan fingerprint density at radius 1 is 1.28 bits per heavy atom. The molecule has 2 rings (SSSR count). The molecule has 1 N–H and O–H groups in total. The van der Waals surface area contributed by atoms with E-state index in [9.17, 15) is 0 Å². The molecule has 0 aromatic carbocycles. The van der Waals surface area contributed by atoms with Gasteiger partial charge in [-0.2, -0.15) is 0 Å². The van der Waals surface area contributed by atoms with Crippen LogP contribution in [0.2, 0.25) is 0 Å². The van der Waals surface area contributed by atoms with Crippen LogP contribution in [0.15, 0.2) is 4.52 Å². The zero-order valence-electron chi connectivity index (χ0n) is 10.8. The van der Waals surface area contributed by atoms with E-state index in [1.807, 2.05) is 20.9 Å². The van der Waals surface area contributed by atoms with Crippen molar-refractivity contribution in [2.45, 2.75) is 27.2 Å². The molecule has 0 unspecified atom stereocenters. The van der Waals surface area contributed by atoms with E-state index in [-0.39, 0.29) is 0 Å². The Labute approximate surface area is 120 Å². The van der Waals surface area contributed by atoms with Gasteiger partial charge in [0.2, 0.25) is 0 Å². The van der Waals surface area contributed by atoms with Gasteiger partial charge >= 0.3 is 0 Å². The molecular weight excluding hydrogens is 343 g/mol. The van der Waals surface area contributed by atoms with Gasteiger partial charge in [-0.3, -0.25) is 0 Å². The summed E-state index contributed by atoms with van der Waals surface area (Å²) >= 11 is 2.27. The number of aryl methyl sites for hydroxylation is 3. The topological polar surface area (TPSA) is 63.8 Å². The molecule has 0 saturated carbocycles. The molecule has 0 amide bonds. The third-order valence-corrected chi connectivity index (χ3v) is 3.88. The minimum absolute atomic E-state index is 0.674. The molecule has 2 aromatic heterocycles. The van der Waals surface area contributed by atoms with E-state index in [4.69, 9.17) is 4.52 Å². The monoisotopic (exact) mass is 358 g/mol. The lowest BCUT2D eigenvalue weighted by molar-refractivity contribution is 0.393. The molecule has 0 bridgehead atoms. The lowest BCUT2D eigenvalue weighted by Crippen LogP contribution is -2.05. The van der Waals surface area contributed by atoms with Crippen LogP contribution in [-0.2, 0) is 6.42 Å². The molecule has 0 aliphatic carbocycles. The smallest absolute Gasteiger partial charge is 0.167 e. The number of anilines is 1. The second kappa shape index (κ2) is 5.21. The van der Waals surface area contributed by atoms with E-state index in [2.05, 4.69) is 50.0 Å². The van der Waals surface area contributed by atoms with Crippen LogP contribution >= 0.6 is 22.6 Å². The summed E-state index contributed by atoms with van der Waals surface area (Å²) in [6, 6.07) is 0. The molecule has 0 radical (unpaired) electrons. The summed E-state index contributed by atoms with van der Waals surface area (Å²) in [6.07, 6.45) is 0.867. The minimum Gasteiger partial charge on any atom is -0.372 e. The zero-order chi connectivity index (χ0) is 13.3. The van der Waals surface area contributed by atoms with Gasteiger partial charge in [0.25, 0.3) is 0 Å². The Morgan fingerprint density at radius 3 is 2.50 bits per heavy atom. The molecule has 0 fully saturated rings. The van der Waals surface area contributed by atoms with Crippen molar-refractivity contribution in [3.05, 3.63) is 20.7 Å². The summed E-state index contributed by atoms with van der Waals surface area (Å²) < 4.78 is 6.24. The molecule has 96 valence electrons. The van der Waals surface area contributed by atoms with Crippen molar-refractivity contribution in [1.29, 1.82) is 0 Å². The highest BCUT2D eigenvalue weighted by Gasteiger charge is 2.17. The maximum absolute atomic E-state index is 5.17. The second-order valence-corrected chi connectivity index (χ2v) is 5.04. The largest absolute Gasteiger partial charge is 0.372 e. The molecule has 18 heavy (non-hydrogen) atoms. The van der Waals surface area contributed by atoms with Crippen LogP contribution in [0.25, 0.3) is 11.4 Å². The highest BCUT2D eigenvalue weighted by atomic mass is 127. The number of nitrogens with zero attached hydrogens (tertiary/aromatic N) is 3. The average Bonchev–Trinajstić information content (AvgIpc) is 2.70. The Balaban J connectivity index is 2.65. The maximum atomic E-state index is 5.17. The molecule has 0 saturated heterocycles. The molecule has 2 aromatic rings. The number of rotatable bonds is 3. The highest BCUT2D eigenvalue weighted by Crippen LogP contribution is 2.28. The summed E-state index contributed by atoms with van der Waals surface area (Å²) in [7, 11) is 1.86. The summed E-state index contributed by atoms with van der Waals surface area (Å²) in [5, 5.41) is 7.05. The normalized spacial score (nSPS) is 10.7. The fraction of sp³-hybridized carbons (Fsp3) is 0.417. The van der Waals surface area contributed by atoms with Gasteiger partial charge in [-0.25, -0.2) is 9.97 Å². The van der Waals surface area contributed by atoms with Crippen LogP contribution < -0.4 is 5.32 Å². The van der Waals surface area contributed by atoms with Crippen molar-refractivity contribution < 1.29 is 4.52 Å². The van der Waals surface area contributed by atoms with Crippen LogP contribution in [0, 0.1) is 17.4 Å². The Hall–Kier alpha value is -1.18. The van der Waals surface area contributed by atoms with Crippen molar-refractivity contribution in [3.63, 3.8) is 0 Å². The SMILES string of the molecule is CCc1nc(-c2c(C)noc2C)nc(NC)c1I. The van der Waals surface area contributed by atoms with Crippen molar-refractivity contribution >= 4 is 28.4 Å². The number of hydrogen-bond donors (Lipinski definition) is 1. The van der Waals surface area contributed by atoms with Crippen molar-refractivity contribution in [1.82, 2.24) is 15.1 Å². The summed E-state index contributed by atoms with van der Waals surface area (Å²) in [5.41, 5.74) is 2.74. The van der Waals surface area contributed by atoms with Gasteiger partial charge in [-0.1, -0.05) is 12.1 Å². The molecule has 0 spiro atoms. The van der Waals surface area contributed by atoms with E-state index < -0.39 is 0 Å². The van der Waals surface area contributed by atoms with Gasteiger partial charge in [0.05, 0.1) is 20.5 Å². The fourth-order valence-electron chi connectivity index (χ4n) is 1.81. The van der Waals surface area contributed by atoms with E-state index in [0.717, 1.165) is 38.5 Å². The van der Waals surface area contributed by atoms with E-state index in [0.29, 0.717) is 5.82 Å². The first-order valence-corrected chi connectivity index (χ1v) is 6.83. The zero-order valence-corrected chi connectivity index (χ0v) is 13.0. The predicted molar refractivity (Wildman–Crippen MR) is 78.6 cm³/mol. The third kappa shape index (κ3) is 2.21. The predicted octanol–water partition coefficient (Wildman–Crippen LogP) is 2.96. The van der Waals surface area contributed by atoms with E-state index in [1.54, 1.807) is 0 Å². The molecule has 0 aliphatic heterocycles. The Bertz CT molecular complexity index is 535. The molecule has 6 heteroatoms. The van der Waals surface area contributed by atoms with Gasteiger partial charge in [-0.15, -0.1) is 0 Å². The Morgan fingerprint density at radius 2 is 2.00 bits per heavy atom. The first-order chi connectivity index (χ1) is 8.58. The van der Waals surface area contributed by atoms with Gasteiger partial charge in [-0.05, 0) is 42.9 Å². The number of nitrogens with one attached hydrogen (secondary N) is 1. The first-order valence-electron chi connectivity index (χ1n) is 5.75. The summed E-state index contributed by atoms with van der Waals surface area (Å²) in [6.45, 7) is 5.86. The standard InChI is InChI=1S/C12H15IN4O/c1-5-8-10(13)12(14-4)16-11(15-8)9-6(2)17-18-7(9)3/h5H2,1-4H3,(H,14,15,16). The molecule has 0 atom stereocenters. The molecule has 5 nitrogen and oxygen atoms in total. The van der Waals surface area contributed by atoms with Gasteiger partial charge in [0.1, 0.15) is 11.6 Å². The van der Waals surface area contributed by atoms with Crippen LogP contribution in [0.3, 0.4) is 0 Å². The van der Waals surface area contributed by atoms with Crippen LogP contribution in [0.5, 0.6) is 0 Å². The number of halogens is 1. The van der Waals surface area contributed by atoms with Crippen molar-refractivity contribution in [3.8, 4) is 11.4 Å². The molecule has 0 aliphatic rings. The summed E-state index contributed by atoms with van der Waals surface area (Å²) in [5.74, 6) is 2.27. The third-order valence-electron chi connectivity index (χ3n) is 2.75. The quantitative estimate of drug-likeness (QED) is 0.855. The van der Waals surface area contributed by atoms with E-state index >= 15 is 0 Å². The van der Waals surface area contributed by atoms with Crippen molar-refractivity contribution in [2.24, 2.45) is 0 Å². The van der Waals surface area contributed by atoms with Crippen LogP contribution in [0.4, 0.5) is 5.82 Å². The van der Waals surface area contributed by atoms with Gasteiger partial charge in [0.15, 0.2) is 5.82 Å². The highest BCUT2D eigenvalue weighted by molar-refractivity contribution is 14.1. The molecular formula is C12H15IN4O.